The number of nitrogens with one attached hydrogen (secondary N) is 2. The lowest BCUT2D eigenvalue weighted by Gasteiger charge is -2.27. The van der Waals surface area contributed by atoms with E-state index in [0.717, 1.165) is 0 Å². The second-order valence-corrected chi connectivity index (χ2v) is 6.09. The van der Waals surface area contributed by atoms with Gasteiger partial charge in [-0.05, 0) is 11.8 Å². The second kappa shape index (κ2) is 9.68. The molecule has 0 aromatic rings. The van der Waals surface area contributed by atoms with Crippen LogP contribution in [0.5, 0.6) is 0 Å². The summed E-state index contributed by atoms with van der Waals surface area (Å²) >= 11 is 3.90. The Bertz CT molecular complexity index is 404. The smallest absolute Gasteiger partial charge is 0.327 e. The highest BCUT2D eigenvalue weighted by molar-refractivity contribution is 7.80. The number of thiol groups is 1. The van der Waals surface area contributed by atoms with Crippen molar-refractivity contribution in [2.75, 3.05) is 5.75 Å². The molecule has 0 saturated heterocycles. The predicted molar refractivity (Wildman–Crippen MR) is 87.6 cm³/mol. The molecule has 0 unspecified atom stereocenters. The van der Waals surface area contributed by atoms with Crippen LogP contribution >= 0.6 is 12.6 Å². The zero-order valence-corrected chi connectivity index (χ0v) is 14.4. The molecular formula is C14H27N3O4S. The molecule has 8 heteroatoms. The minimum Gasteiger partial charge on any atom is -0.480 e. The molecule has 0 aliphatic carbocycles. The van der Waals surface area contributed by atoms with Crippen molar-refractivity contribution >= 4 is 30.4 Å². The van der Waals surface area contributed by atoms with Gasteiger partial charge in [-0.15, -0.1) is 0 Å². The highest BCUT2D eigenvalue weighted by Gasteiger charge is 2.31. The number of nitrogens with two attached hydrogens (primary N) is 1. The molecule has 2 amide bonds. The lowest BCUT2D eigenvalue weighted by molar-refractivity contribution is -0.141. The second-order valence-electron chi connectivity index (χ2n) is 5.72. The Morgan fingerprint density at radius 2 is 1.68 bits per heavy atom. The van der Waals surface area contributed by atoms with Crippen molar-refractivity contribution in [3.05, 3.63) is 0 Å². The Balaban J connectivity index is 5.02. The lowest BCUT2D eigenvalue weighted by atomic mass is 9.96. The van der Waals surface area contributed by atoms with Crippen LogP contribution in [-0.2, 0) is 14.4 Å². The number of hydrogen-bond acceptors (Lipinski definition) is 5. The molecule has 128 valence electrons. The zero-order valence-electron chi connectivity index (χ0n) is 13.5. The summed E-state index contributed by atoms with van der Waals surface area (Å²) in [7, 11) is 0. The van der Waals surface area contributed by atoms with Crippen molar-refractivity contribution in [2.24, 2.45) is 17.6 Å². The maximum atomic E-state index is 12.3. The van der Waals surface area contributed by atoms with E-state index in [1.807, 2.05) is 27.7 Å². The largest absolute Gasteiger partial charge is 0.480 e. The van der Waals surface area contributed by atoms with Gasteiger partial charge in [0.2, 0.25) is 11.8 Å². The first kappa shape index (κ1) is 20.7. The summed E-state index contributed by atoms with van der Waals surface area (Å²) in [5.74, 6) is -2.39. The predicted octanol–water partition coefficient (Wildman–Crippen LogP) is -0.000200. The van der Waals surface area contributed by atoms with Gasteiger partial charge in [-0.3, -0.25) is 9.59 Å². The Hall–Kier alpha value is -1.28. The first-order chi connectivity index (χ1) is 10.1. The van der Waals surface area contributed by atoms with E-state index in [2.05, 4.69) is 23.3 Å². The molecule has 0 aromatic carbocycles. The average molecular weight is 333 g/mol. The SMILES string of the molecule is CC[C@H](C)[C@H](NC(=O)[C@@H](N)C(C)C)C(=O)N[C@@H](CS)C(=O)O. The minimum absolute atomic E-state index is 0.0340. The monoisotopic (exact) mass is 333 g/mol. The zero-order chi connectivity index (χ0) is 17.4. The summed E-state index contributed by atoms with van der Waals surface area (Å²) in [4.78, 5) is 35.3. The Kier molecular flexibility index (Phi) is 9.12. The molecule has 22 heavy (non-hydrogen) atoms. The molecule has 4 atom stereocenters. The Labute approximate surface area is 136 Å². The number of carboxylic acids is 1. The maximum Gasteiger partial charge on any atom is 0.327 e. The first-order valence-corrected chi connectivity index (χ1v) is 7.98. The van der Waals surface area contributed by atoms with Crippen molar-refractivity contribution < 1.29 is 19.5 Å². The topological polar surface area (TPSA) is 122 Å². The molecule has 0 rings (SSSR count). The fourth-order valence-electron chi connectivity index (χ4n) is 1.70. The standard InChI is InChI=1S/C14H27N3O4S/c1-5-8(4)11(17-12(18)10(15)7(2)3)13(19)16-9(6-22)14(20)21/h7-11,22H,5-6,15H2,1-4H3,(H,16,19)(H,17,18)(H,20,21)/t8-,9-,10-,11-/m0/s1. The van der Waals surface area contributed by atoms with Crippen LogP contribution in [0.1, 0.15) is 34.1 Å². The van der Waals surface area contributed by atoms with E-state index in [1.54, 1.807) is 0 Å². The highest BCUT2D eigenvalue weighted by atomic mass is 32.1. The third-order valence-electron chi connectivity index (χ3n) is 3.61. The molecule has 0 heterocycles. The Morgan fingerprint density at radius 3 is 2.05 bits per heavy atom. The van der Waals surface area contributed by atoms with Crippen LogP contribution in [0.25, 0.3) is 0 Å². The molecule has 5 N–H and O–H groups in total. The highest BCUT2D eigenvalue weighted by Crippen LogP contribution is 2.10. The van der Waals surface area contributed by atoms with E-state index < -0.39 is 35.9 Å². The Morgan fingerprint density at radius 1 is 1.14 bits per heavy atom. The number of carbonyl (C=O) groups is 3. The fraction of sp³-hybridized carbons (Fsp3) is 0.786. The fourth-order valence-corrected chi connectivity index (χ4v) is 1.95. The number of carbonyl (C=O) groups excluding carboxylic acids is 2. The van der Waals surface area contributed by atoms with Gasteiger partial charge in [0.1, 0.15) is 12.1 Å². The van der Waals surface area contributed by atoms with E-state index in [4.69, 9.17) is 10.8 Å². The van der Waals surface area contributed by atoms with Crippen LogP contribution in [0, 0.1) is 11.8 Å². The molecule has 7 nitrogen and oxygen atoms in total. The van der Waals surface area contributed by atoms with Crippen molar-refractivity contribution in [2.45, 2.75) is 52.2 Å². The van der Waals surface area contributed by atoms with Crippen LogP contribution < -0.4 is 16.4 Å². The van der Waals surface area contributed by atoms with Gasteiger partial charge >= 0.3 is 5.97 Å². The van der Waals surface area contributed by atoms with E-state index in [-0.39, 0.29) is 17.6 Å². The number of carboxylic acid groups (broad SMARTS) is 1. The molecule has 0 fully saturated rings. The quantitative estimate of drug-likeness (QED) is 0.380. The summed E-state index contributed by atoms with van der Waals surface area (Å²) < 4.78 is 0. The van der Waals surface area contributed by atoms with Crippen molar-refractivity contribution in [1.29, 1.82) is 0 Å². The van der Waals surface area contributed by atoms with E-state index in [0.29, 0.717) is 6.42 Å². The maximum absolute atomic E-state index is 12.3. The van der Waals surface area contributed by atoms with Crippen LogP contribution in [0.3, 0.4) is 0 Å². The first-order valence-electron chi connectivity index (χ1n) is 7.35. The molecule has 0 spiro atoms. The summed E-state index contributed by atoms with van der Waals surface area (Å²) in [6.07, 6.45) is 0.647. The number of amides is 2. The van der Waals surface area contributed by atoms with Gasteiger partial charge in [-0.1, -0.05) is 34.1 Å². The normalized spacial score (nSPS) is 16.5. The van der Waals surface area contributed by atoms with E-state index >= 15 is 0 Å². The molecule has 0 aliphatic heterocycles. The van der Waals surface area contributed by atoms with Crippen LogP contribution in [0.4, 0.5) is 0 Å². The third kappa shape index (κ3) is 6.23. The van der Waals surface area contributed by atoms with Gasteiger partial charge in [0.15, 0.2) is 0 Å². The molecule has 0 radical (unpaired) electrons. The van der Waals surface area contributed by atoms with E-state index in [1.165, 1.54) is 0 Å². The summed E-state index contributed by atoms with van der Waals surface area (Å²) in [6, 6.07) is -2.65. The summed E-state index contributed by atoms with van der Waals surface area (Å²) in [5.41, 5.74) is 5.78. The average Bonchev–Trinajstić information content (AvgIpc) is 2.47. The molecule has 0 aliphatic rings. The van der Waals surface area contributed by atoms with Crippen LogP contribution in [0.2, 0.25) is 0 Å². The van der Waals surface area contributed by atoms with Crippen LogP contribution in [0.15, 0.2) is 0 Å². The van der Waals surface area contributed by atoms with Crippen molar-refractivity contribution in [3.63, 3.8) is 0 Å². The van der Waals surface area contributed by atoms with Gasteiger partial charge in [0.05, 0.1) is 6.04 Å². The van der Waals surface area contributed by atoms with Crippen molar-refractivity contribution in [1.82, 2.24) is 10.6 Å². The number of rotatable bonds is 9. The summed E-state index contributed by atoms with van der Waals surface area (Å²) in [5, 5.41) is 14.0. The molecule has 0 bridgehead atoms. The molecular weight excluding hydrogens is 306 g/mol. The van der Waals surface area contributed by atoms with Crippen LogP contribution in [-0.4, -0.2) is 46.8 Å². The van der Waals surface area contributed by atoms with Gasteiger partial charge in [0, 0.05) is 5.75 Å². The van der Waals surface area contributed by atoms with Gasteiger partial charge in [-0.25, -0.2) is 4.79 Å². The third-order valence-corrected chi connectivity index (χ3v) is 3.98. The van der Waals surface area contributed by atoms with Gasteiger partial charge in [-0.2, -0.15) is 12.6 Å². The van der Waals surface area contributed by atoms with Crippen molar-refractivity contribution in [3.8, 4) is 0 Å². The number of aliphatic carboxylic acids is 1. The molecule has 0 saturated carbocycles. The lowest BCUT2D eigenvalue weighted by Crippen LogP contribution is -2.57. The summed E-state index contributed by atoms with van der Waals surface area (Å²) in [6.45, 7) is 7.31. The van der Waals surface area contributed by atoms with Gasteiger partial charge < -0.3 is 21.5 Å². The molecule has 0 aromatic heterocycles. The van der Waals surface area contributed by atoms with E-state index in [9.17, 15) is 14.4 Å². The van der Waals surface area contributed by atoms with Gasteiger partial charge in [0.25, 0.3) is 0 Å². The number of hydrogen-bond donors (Lipinski definition) is 5. The minimum atomic E-state index is -1.17.